The average Bonchev–Trinajstić information content (AvgIpc) is 2.34. The van der Waals surface area contributed by atoms with E-state index in [1.807, 2.05) is 32.9 Å². The molecule has 0 aliphatic rings. The Labute approximate surface area is 124 Å². The van der Waals surface area contributed by atoms with Crippen LogP contribution in [0.4, 0.5) is 5.69 Å². The minimum absolute atomic E-state index is 0.156. The van der Waals surface area contributed by atoms with Crippen molar-refractivity contribution in [3.63, 3.8) is 0 Å². The van der Waals surface area contributed by atoms with Gasteiger partial charge in [-0.2, -0.15) is 0 Å². The number of nitrogens with one attached hydrogen (secondary N) is 1. The van der Waals surface area contributed by atoms with Crippen molar-refractivity contribution in [2.45, 2.75) is 20.8 Å². The second-order valence-corrected chi connectivity index (χ2v) is 5.87. The smallest absolute Gasteiger partial charge is 0.207 e. The fourth-order valence-electron chi connectivity index (χ4n) is 1.38. The van der Waals surface area contributed by atoms with Crippen LogP contribution in [0.2, 0.25) is 5.02 Å². The normalized spacial score (nSPS) is 13.2. The van der Waals surface area contributed by atoms with Gasteiger partial charge in [-0.1, -0.05) is 38.4 Å². The van der Waals surface area contributed by atoms with Crippen molar-refractivity contribution in [3.05, 3.63) is 41.1 Å². The van der Waals surface area contributed by atoms with Gasteiger partial charge in [0.25, 0.3) is 0 Å². The highest BCUT2D eigenvalue weighted by Gasteiger charge is 2.14. The monoisotopic (exact) mass is 293 g/mol. The van der Waals surface area contributed by atoms with Crippen LogP contribution in [0.25, 0.3) is 0 Å². The van der Waals surface area contributed by atoms with E-state index in [-0.39, 0.29) is 5.41 Å². The zero-order chi connectivity index (χ0) is 15.2. The molecule has 108 valence electrons. The van der Waals surface area contributed by atoms with Gasteiger partial charge < -0.3 is 11.1 Å². The molecule has 0 aliphatic carbocycles. The van der Waals surface area contributed by atoms with Gasteiger partial charge in [0.1, 0.15) is 0 Å². The Bertz CT molecular complexity index is 530. The van der Waals surface area contributed by atoms with Crippen molar-refractivity contribution in [1.29, 1.82) is 0 Å². The lowest BCUT2D eigenvalue weighted by Gasteiger charge is -2.19. The molecule has 1 aromatic carbocycles. The average molecular weight is 294 g/mol. The van der Waals surface area contributed by atoms with Gasteiger partial charge in [0.15, 0.2) is 0 Å². The van der Waals surface area contributed by atoms with Gasteiger partial charge in [-0.25, -0.2) is 0 Å². The van der Waals surface area contributed by atoms with Crippen molar-refractivity contribution in [3.8, 4) is 0 Å². The Balaban J connectivity index is 3.09. The third-order valence-electron chi connectivity index (χ3n) is 2.64. The summed E-state index contributed by atoms with van der Waals surface area (Å²) in [6, 6.07) is 7.20. The molecule has 0 atom stereocenters. The third-order valence-corrected chi connectivity index (χ3v) is 2.87. The van der Waals surface area contributed by atoms with Crippen LogP contribution in [0, 0.1) is 5.41 Å². The van der Waals surface area contributed by atoms with E-state index in [0.29, 0.717) is 29.4 Å². The van der Waals surface area contributed by atoms with Gasteiger partial charge in [-0.05, 0) is 24.3 Å². The molecular formula is C15H20ClN3O. The van der Waals surface area contributed by atoms with E-state index in [1.54, 1.807) is 18.2 Å². The topological polar surface area (TPSA) is 67.5 Å². The maximum absolute atomic E-state index is 10.5. The highest BCUT2D eigenvalue weighted by atomic mass is 35.5. The van der Waals surface area contributed by atoms with Gasteiger partial charge in [0.2, 0.25) is 6.41 Å². The number of nitrogens with zero attached hydrogens (tertiary/aromatic N) is 1. The molecule has 0 radical (unpaired) electrons. The van der Waals surface area contributed by atoms with E-state index >= 15 is 0 Å². The number of carbonyl (C=O) groups is 1. The maximum Gasteiger partial charge on any atom is 0.207 e. The molecule has 0 aromatic heterocycles. The maximum atomic E-state index is 10.5. The number of benzene rings is 1. The SMILES string of the molecule is CC(C)(C)C(N)=CC(CNC=O)=Nc1cccc(Cl)c1. The third kappa shape index (κ3) is 5.45. The summed E-state index contributed by atoms with van der Waals surface area (Å²) in [6.45, 7) is 6.36. The highest BCUT2D eigenvalue weighted by Crippen LogP contribution is 2.22. The molecule has 0 bridgehead atoms. The molecule has 1 amide bonds. The number of halogens is 1. The standard InChI is InChI=1S/C15H20ClN3O/c1-15(2,3)14(17)8-13(9-18-10-20)19-12-6-4-5-11(16)7-12/h4-8,10H,9,17H2,1-3H3,(H,18,20). The van der Waals surface area contributed by atoms with E-state index in [9.17, 15) is 4.79 Å². The Kier molecular flexibility index (Phi) is 5.77. The van der Waals surface area contributed by atoms with Crippen molar-refractivity contribution in [2.24, 2.45) is 16.1 Å². The lowest BCUT2D eigenvalue weighted by Crippen LogP contribution is -2.24. The number of nitrogens with two attached hydrogens (primary N) is 1. The minimum Gasteiger partial charge on any atom is -0.402 e. The van der Waals surface area contributed by atoms with Crippen molar-refractivity contribution >= 4 is 29.4 Å². The van der Waals surface area contributed by atoms with E-state index in [4.69, 9.17) is 17.3 Å². The van der Waals surface area contributed by atoms with Gasteiger partial charge >= 0.3 is 0 Å². The van der Waals surface area contributed by atoms with E-state index in [2.05, 4.69) is 10.3 Å². The molecule has 5 heteroatoms. The molecule has 3 N–H and O–H groups in total. The second kappa shape index (κ2) is 7.10. The fraction of sp³-hybridized carbons (Fsp3) is 0.333. The van der Waals surface area contributed by atoms with Crippen molar-refractivity contribution in [1.82, 2.24) is 5.32 Å². The van der Waals surface area contributed by atoms with Crippen LogP contribution in [0.3, 0.4) is 0 Å². The highest BCUT2D eigenvalue weighted by molar-refractivity contribution is 6.30. The van der Waals surface area contributed by atoms with Gasteiger partial charge in [0, 0.05) is 16.1 Å². The van der Waals surface area contributed by atoms with Crippen LogP contribution in [-0.4, -0.2) is 18.7 Å². The summed E-state index contributed by atoms with van der Waals surface area (Å²) in [5.74, 6) is 0. The number of hydrogen-bond acceptors (Lipinski definition) is 3. The molecule has 0 saturated carbocycles. The molecule has 4 nitrogen and oxygen atoms in total. The molecule has 0 fully saturated rings. The van der Waals surface area contributed by atoms with Crippen LogP contribution in [0.5, 0.6) is 0 Å². The number of hydrogen-bond donors (Lipinski definition) is 2. The molecule has 20 heavy (non-hydrogen) atoms. The Morgan fingerprint density at radius 2 is 2.15 bits per heavy atom. The molecule has 0 unspecified atom stereocenters. The van der Waals surface area contributed by atoms with Crippen LogP contribution in [0.15, 0.2) is 41.0 Å². The number of aliphatic imine (C=N–C) groups is 1. The summed E-state index contributed by atoms with van der Waals surface area (Å²) in [7, 11) is 0. The number of amides is 1. The number of carbonyl (C=O) groups excluding carboxylic acids is 1. The largest absolute Gasteiger partial charge is 0.402 e. The van der Waals surface area contributed by atoms with E-state index < -0.39 is 0 Å². The first-order valence-corrected chi connectivity index (χ1v) is 6.68. The summed E-state index contributed by atoms with van der Waals surface area (Å²) in [4.78, 5) is 14.9. The Hall–Kier alpha value is -1.81. The first-order chi connectivity index (χ1) is 9.32. The zero-order valence-electron chi connectivity index (χ0n) is 12.0. The van der Waals surface area contributed by atoms with Crippen LogP contribution in [0.1, 0.15) is 20.8 Å². The summed E-state index contributed by atoms with van der Waals surface area (Å²) < 4.78 is 0. The predicted octanol–water partition coefficient (Wildman–Crippen LogP) is 3.05. The predicted molar refractivity (Wildman–Crippen MR) is 84.3 cm³/mol. The number of allylic oxidation sites excluding steroid dienone is 1. The van der Waals surface area contributed by atoms with E-state index in [1.165, 1.54) is 0 Å². The minimum atomic E-state index is -0.156. The molecule has 0 spiro atoms. The molecule has 1 rings (SSSR count). The summed E-state index contributed by atoms with van der Waals surface area (Å²) >= 11 is 5.93. The van der Waals surface area contributed by atoms with Crippen LogP contribution < -0.4 is 11.1 Å². The lowest BCUT2D eigenvalue weighted by atomic mass is 9.91. The molecule has 0 saturated heterocycles. The van der Waals surface area contributed by atoms with Crippen LogP contribution in [-0.2, 0) is 4.79 Å². The van der Waals surface area contributed by atoms with Crippen molar-refractivity contribution < 1.29 is 4.79 Å². The second-order valence-electron chi connectivity index (χ2n) is 5.43. The quantitative estimate of drug-likeness (QED) is 0.647. The number of rotatable bonds is 5. The summed E-state index contributed by atoms with van der Waals surface area (Å²) in [5.41, 5.74) is 7.98. The van der Waals surface area contributed by atoms with Crippen molar-refractivity contribution in [2.75, 3.05) is 6.54 Å². The van der Waals surface area contributed by atoms with Gasteiger partial charge in [-0.3, -0.25) is 9.79 Å². The first-order valence-electron chi connectivity index (χ1n) is 6.31. The lowest BCUT2D eigenvalue weighted by molar-refractivity contribution is -0.109. The van der Waals surface area contributed by atoms with Crippen LogP contribution >= 0.6 is 11.6 Å². The molecule has 0 heterocycles. The summed E-state index contributed by atoms with van der Waals surface area (Å²) in [6.07, 6.45) is 2.42. The van der Waals surface area contributed by atoms with Gasteiger partial charge in [-0.15, -0.1) is 0 Å². The molecule has 1 aromatic rings. The zero-order valence-corrected chi connectivity index (χ0v) is 12.7. The van der Waals surface area contributed by atoms with Gasteiger partial charge in [0.05, 0.1) is 17.9 Å². The fourth-order valence-corrected chi connectivity index (χ4v) is 1.56. The Morgan fingerprint density at radius 1 is 1.45 bits per heavy atom. The molecular weight excluding hydrogens is 274 g/mol. The van der Waals surface area contributed by atoms with E-state index in [0.717, 1.165) is 5.69 Å². The first kappa shape index (κ1) is 16.2. The Morgan fingerprint density at radius 3 is 2.70 bits per heavy atom. The molecule has 0 aliphatic heterocycles. The summed E-state index contributed by atoms with van der Waals surface area (Å²) in [5, 5.41) is 3.21.